The van der Waals surface area contributed by atoms with E-state index in [4.69, 9.17) is 4.74 Å². The predicted octanol–water partition coefficient (Wildman–Crippen LogP) is 4.47. The van der Waals surface area contributed by atoms with Crippen molar-refractivity contribution in [3.63, 3.8) is 0 Å². The highest BCUT2D eigenvalue weighted by Gasteiger charge is 2.34. The van der Waals surface area contributed by atoms with E-state index in [0.29, 0.717) is 13.0 Å². The van der Waals surface area contributed by atoms with Gasteiger partial charge < -0.3 is 4.74 Å². The van der Waals surface area contributed by atoms with E-state index in [1.807, 2.05) is 60.7 Å². The molecule has 2 heterocycles. The molecule has 2 aromatic carbocycles. The van der Waals surface area contributed by atoms with Crippen LogP contribution in [0.1, 0.15) is 29.6 Å². The lowest BCUT2D eigenvalue weighted by molar-refractivity contribution is 0.0512. The number of carbonyl (C=O) groups is 2. The summed E-state index contributed by atoms with van der Waals surface area (Å²) in [6.45, 7) is 0.757. The SMILES string of the molecule is O=C(OCc1ccccc1)N1CCCCC1C(=O)n1ccc2ccccc21. The van der Waals surface area contributed by atoms with Crippen molar-refractivity contribution in [1.29, 1.82) is 0 Å². The molecule has 1 atom stereocenters. The highest BCUT2D eigenvalue weighted by molar-refractivity contribution is 5.96. The second-order valence-corrected chi connectivity index (χ2v) is 6.83. The maximum Gasteiger partial charge on any atom is 0.410 e. The number of fused-ring (bicyclic) bond motifs is 1. The zero-order valence-electron chi connectivity index (χ0n) is 15.1. The lowest BCUT2D eigenvalue weighted by Gasteiger charge is -2.33. The molecule has 0 N–H and O–H groups in total. The molecule has 5 nitrogen and oxygen atoms in total. The lowest BCUT2D eigenvalue weighted by atomic mass is 10.0. The Morgan fingerprint density at radius 2 is 1.74 bits per heavy atom. The Balaban J connectivity index is 1.51. The molecule has 3 aromatic rings. The van der Waals surface area contributed by atoms with Gasteiger partial charge in [-0.3, -0.25) is 14.3 Å². The predicted molar refractivity (Wildman–Crippen MR) is 104 cm³/mol. The summed E-state index contributed by atoms with van der Waals surface area (Å²) in [7, 11) is 0. The summed E-state index contributed by atoms with van der Waals surface area (Å²) in [5.41, 5.74) is 1.80. The van der Waals surface area contributed by atoms with Crippen LogP contribution < -0.4 is 0 Å². The normalized spacial score (nSPS) is 17.0. The Labute approximate surface area is 158 Å². The molecule has 4 rings (SSSR count). The molecule has 1 saturated heterocycles. The van der Waals surface area contributed by atoms with Gasteiger partial charge in [0, 0.05) is 18.1 Å². The van der Waals surface area contributed by atoms with Crippen LogP contribution in [0.3, 0.4) is 0 Å². The molecule has 0 radical (unpaired) electrons. The van der Waals surface area contributed by atoms with Gasteiger partial charge in [-0.05, 0) is 37.0 Å². The zero-order valence-corrected chi connectivity index (χ0v) is 15.1. The Morgan fingerprint density at radius 1 is 0.963 bits per heavy atom. The van der Waals surface area contributed by atoms with E-state index in [-0.39, 0.29) is 12.5 Å². The molecule has 138 valence electrons. The van der Waals surface area contributed by atoms with Crippen LogP contribution >= 0.6 is 0 Å². The van der Waals surface area contributed by atoms with E-state index >= 15 is 0 Å². The highest BCUT2D eigenvalue weighted by Crippen LogP contribution is 2.23. The van der Waals surface area contributed by atoms with Crippen LogP contribution in [0.4, 0.5) is 4.79 Å². The van der Waals surface area contributed by atoms with Crippen LogP contribution in [-0.2, 0) is 11.3 Å². The van der Waals surface area contributed by atoms with Gasteiger partial charge in [0.05, 0.1) is 5.52 Å². The van der Waals surface area contributed by atoms with Gasteiger partial charge in [-0.1, -0.05) is 48.5 Å². The summed E-state index contributed by atoms with van der Waals surface area (Å²) >= 11 is 0. The van der Waals surface area contributed by atoms with Crippen molar-refractivity contribution in [2.75, 3.05) is 6.54 Å². The molecule has 0 aliphatic carbocycles. The third-order valence-corrected chi connectivity index (χ3v) is 5.06. The Morgan fingerprint density at radius 3 is 2.59 bits per heavy atom. The fourth-order valence-corrected chi connectivity index (χ4v) is 3.64. The van der Waals surface area contributed by atoms with Gasteiger partial charge in [0.15, 0.2) is 0 Å². The second kappa shape index (κ2) is 7.66. The van der Waals surface area contributed by atoms with Gasteiger partial charge in [0.1, 0.15) is 12.6 Å². The fraction of sp³-hybridized carbons (Fsp3) is 0.273. The fourth-order valence-electron chi connectivity index (χ4n) is 3.64. The maximum atomic E-state index is 13.2. The number of likely N-dealkylation sites (tertiary alicyclic amines) is 1. The number of amides is 1. The molecule has 1 aromatic heterocycles. The van der Waals surface area contributed by atoms with E-state index < -0.39 is 12.1 Å². The number of ether oxygens (including phenoxy) is 1. The van der Waals surface area contributed by atoms with Gasteiger partial charge in [0.2, 0.25) is 0 Å². The molecule has 0 saturated carbocycles. The topological polar surface area (TPSA) is 51.5 Å². The molecule has 1 amide bonds. The minimum atomic E-state index is -0.488. The minimum Gasteiger partial charge on any atom is -0.445 e. The molecule has 5 heteroatoms. The van der Waals surface area contributed by atoms with Crippen molar-refractivity contribution in [3.8, 4) is 0 Å². The minimum absolute atomic E-state index is 0.0763. The van der Waals surface area contributed by atoms with Crippen molar-refractivity contribution < 1.29 is 14.3 Å². The standard InChI is InChI=1S/C22H22N2O3/c25-21(23-15-13-18-10-4-5-11-19(18)23)20-12-6-7-14-24(20)22(26)27-16-17-8-2-1-3-9-17/h1-5,8-11,13,15,20H,6-7,12,14,16H2. The molecule has 1 aliphatic rings. The second-order valence-electron chi connectivity index (χ2n) is 6.83. The van der Waals surface area contributed by atoms with Crippen LogP contribution in [0.5, 0.6) is 0 Å². The number of rotatable bonds is 3. The average Bonchev–Trinajstić information content (AvgIpc) is 3.16. The first-order valence-electron chi connectivity index (χ1n) is 9.32. The number of nitrogens with zero attached hydrogens (tertiary/aromatic N) is 2. The average molecular weight is 362 g/mol. The number of carbonyl (C=O) groups excluding carboxylic acids is 2. The summed E-state index contributed by atoms with van der Waals surface area (Å²) < 4.78 is 7.13. The van der Waals surface area contributed by atoms with Crippen LogP contribution in [0.2, 0.25) is 0 Å². The number of piperidine rings is 1. The maximum absolute atomic E-state index is 13.2. The molecule has 0 spiro atoms. The first-order chi connectivity index (χ1) is 13.2. The van der Waals surface area contributed by atoms with E-state index in [2.05, 4.69) is 0 Å². The van der Waals surface area contributed by atoms with Crippen LogP contribution in [-0.4, -0.2) is 34.1 Å². The van der Waals surface area contributed by atoms with Crippen molar-refractivity contribution >= 4 is 22.9 Å². The molecule has 1 fully saturated rings. The van der Waals surface area contributed by atoms with E-state index in [9.17, 15) is 9.59 Å². The third-order valence-electron chi connectivity index (χ3n) is 5.06. The molecule has 1 unspecified atom stereocenters. The monoisotopic (exact) mass is 362 g/mol. The molecule has 1 aliphatic heterocycles. The Kier molecular flexibility index (Phi) is 4.92. The van der Waals surface area contributed by atoms with E-state index in [1.54, 1.807) is 15.7 Å². The van der Waals surface area contributed by atoms with Gasteiger partial charge in [-0.25, -0.2) is 4.79 Å². The number of hydrogen-bond acceptors (Lipinski definition) is 3. The van der Waals surface area contributed by atoms with Gasteiger partial charge in [0.25, 0.3) is 5.91 Å². The summed E-state index contributed by atoms with van der Waals surface area (Å²) in [5.74, 6) is -0.0763. The van der Waals surface area contributed by atoms with Gasteiger partial charge in [-0.15, -0.1) is 0 Å². The molecular weight excluding hydrogens is 340 g/mol. The van der Waals surface area contributed by atoms with E-state index in [0.717, 1.165) is 29.3 Å². The molecular formula is C22H22N2O3. The smallest absolute Gasteiger partial charge is 0.410 e. The van der Waals surface area contributed by atoms with Gasteiger partial charge >= 0.3 is 6.09 Å². The number of hydrogen-bond donors (Lipinski definition) is 0. The molecule has 27 heavy (non-hydrogen) atoms. The Bertz CT molecular complexity index is 948. The van der Waals surface area contributed by atoms with E-state index in [1.165, 1.54) is 0 Å². The van der Waals surface area contributed by atoms with Crippen LogP contribution in [0, 0.1) is 0 Å². The largest absolute Gasteiger partial charge is 0.445 e. The van der Waals surface area contributed by atoms with Gasteiger partial charge in [-0.2, -0.15) is 0 Å². The van der Waals surface area contributed by atoms with Crippen molar-refractivity contribution in [1.82, 2.24) is 9.47 Å². The highest BCUT2D eigenvalue weighted by atomic mass is 16.6. The summed E-state index contributed by atoms with van der Waals surface area (Å²) in [5, 5.41) is 1.01. The number of aromatic nitrogens is 1. The molecule has 0 bridgehead atoms. The first kappa shape index (κ1) is 17.3. The first-order valence-corrected chi connectivity index (χ1v) is 9.32. The zero-order chi connectivity index (χ0) is 18.6. The van der Waals surface area contributed by atoms with Crippen molar-refractivity contribution in [2.24, 2.45) is 0 Å². The van der Waals surface area contributed by atoms with Crippen molar-refractivity contribution in [2.45, 2.75) is 31.9 Å². The lowest BCUT2D eigenvalue weighted by Crippen LogP contribution is -2.49. The summed E-state index contributed by atoms with van der Waals surface area (Å²) in [6.07, 6.45) is 3.84. The number of benzene rings is 2. The van der Waals surface area contributed by atoms with Crippen LogP contribution in [0.15, 0.2) is 66.9 Å². The quantitative estimate of drug-likeness (QED) is 0.691. The van der Waals surface area contributed by atoms with Crippen molar-refractivity contribution in [3.05, 3.63) is 72.4 Å². The summed E-state index contributed by atoms with van der Waals surface area (Å²) in [6, 6.07) is 18.8. The third kappa shape index (κ3) is 3.58. The van der Waals surface area contributed by atoms with Crippen LogP contribution in [0.25, 0.3) is 10.9 Å². The Hall–Kier alpha value is -3.08. The summed E-state index contributed by atoms with van der Waals surface area (Å²) in [4.78, 5) is 27.4. The number of para-hydroxylation sites is 1.